The van der Waals surface area contributed by atoms with E-state index in [9.17, 15) is 0 Å². The Balaban J connectivity index is 0.00000261. The molecule has 0 aliphatic heterocycles. The predicted molar refractivity (Wildman–Crippen MR) is 117 cm³/mol. The molecule has 6 nitrogen and oxygen atoms in total. The monoisotopic (exact) mass is 480 g/mol. The standard InChI is InChI=1S/C20H24N4O2.HI/c1-4-21-20(23-15(3)18-11-10-14(2)26-18)22-12-17-13-25-19(24-17)16-8-6-5-7-9-16;/h5-11,13,15H,4,12H2,1-3H3,(H2,21,22,23);1H. The zero-order valence-corrected chi connectivity index (χ0v) is 18.1. The highest BCUT2D eigenvalue weighted by Gasteiger charge is 2.12. The summed E-state index contributed by atoms with van der Waals surface area (Å²) in [7, 11) is 0. The Hall–Kier alpha value is -2.29. The van der Waals surface area contributed by atoms with Crippen molar-refractivity contribution in [3.05, 3.63) is 65.9 Å². The highest BCUT2D eigenvalue weighted by molar-refractivity contribution is 14.0. The maximum absolute atomic E-state index is 5.67. The van der Waals surface area contributed by atoms with Gasteiger partial charge < -0.3 is 19.5 Å². The summed E-state index contributed by atoms with van der Waals surface area (Å²) in [6.45, 7) is 7.20. The van der Waals surface area contributed by atoms with Crippen LogP contribution in [-0.2, 0) is 6.54 Å². The number of benzene rings is 1. The van der Waals surface area contributed by atoms with Gasteiger partial charge in [-0.1, -0.05) is 18.2 Å². The second-order valence-corrected chi connectivity index (χ2v) is 6.02. The molecule has 2 heterocycles. The molecule has 1 unspecified atom stereocenters. The lowest BCUT2D eigenvalue weighted by molar-refractivity contribution is 0.441. The van der Waals surface area contributed by atoms with E-state index in [4.69, 9.17) is 8.83 Å². The highest BCUT2D eigenvalue weighted by Crippen LogP contribution is 2.18. The first-order valence-electron chi connectivity index (χ1n) is 8.76. The van der Waals surface area contributed by atoms with Crippen LogP contribution in [0.5, 0.6) is 0 Å². The summed E-state index contributed by atoms with van der Waals surface area (Å²) in [6.07, 6.45) is 1.65. The van der Waals surface area contributed by atoms with E-state index in [2.05, 4.69) is 20.6 Å². The normalized spacial score (nSPS) is 12.3. The Labute approximate surface area is 176 Å². The van der Waals surface area contributed by atoms with Gasteiger partial charge in [-0.05, 0) is 45.0 Å². The number of aliphatic imine (C=N–C) groups is 1. The van der Waals surface area contributed by atoms with Gasteiger partial charge in [0.15, 0.2) is 5.96 Å². The number of hydrogen-bond donors (Lipinski definition) is 2. The fourth-order valence-electron chi connectivity index (χ4n) is 2.54. The Morgan fingerprint density at radius 3 is 2.63 bits per heavy atom. The van der Waals surface area contributed by atoms with Gasteiger partial charge in [-0.25, -0.2) is 9.98 Å². The van der Waals surface area contributed by atoms with Crippen LogP contribution in [-0.4, -0.2) is 17.5 Å². The maximum atomic E-state index is 5.67. The number of hydrogen-bond acceptors (Lipinski definition) is 4. The van der Waals surface area contributed by atoms with E-state index >= 15 is 0 Å². The van der Waals surface area contributed by atoms with E-state index in [1.165, 1.54) is 0 Å². The fraction of sp³-hybridized carbons (Fsp3) is 0.300. The topological polar surface area (TPSA) is 75.6 Å². The first kappa shape index (κ1) is 21.0. The first-order chi connectivity index (χ1) is 12.7. The quantitative estimate of drug-likeness (QED) is 0.305. The molecule has 144 valence electrons. The molecule has 0 saturated carbocycles. The third-order valence-corrected chi connectivity index (χ3v) is 3.86. The molecule has 1 atom stereocenters. The van der Waals surface area contributed by atoms with Crippen LogP contribution in [0, 0.1) is 6.92 Å². The third kappa shape index (κ3) is 5.85. The van der Waals surface area contributed by atoms with Crippen molar-refractivity contribution in [3.63, 3.8) is 0 Å². The van der Waals surface area contributed by atoms with Crippen LogP contribution in [0.3, 0.4) is 0 Å². The summed E-state index contributed by atoms with van der Waals surface area (Å²) in [5, 5.41) is 6.58. The van der Waals surface area contributed by atoms with Crippen molar-refractivity contribution in [2.75, 3.05) is 6.54 Å². The van der Waals surface area contributed by atoms with Gasteiger partial charge in [0.1, 0.15) is 23.5 Å². The molecule has 3 rings (SSSR count). The van der Waals surface area contributed by atoms with Gasteiger partial charge >= 0.3 is 0 Å². The minimum Gasteiger partial charge on any atom is -0.464 e. The zero-order chi connectivity index (χ0) is 18.4. The number of guanidine groups is 1. The van der Waals surface area contributed by atoms with Crippen molar-refractivity contribution in [2.24, 2.45) is 4.99 Å². The molecular weight excluding hydrogens is 455 g/mol. The first-order valence-corrected chi connectivity index (χ1v) is 8.76. The van der Waals surface area contributed by atoms with Crippen molar-refractivity contribution < 1.29 is 8.83 Å². The molecule has 0 amide bonds. The maximum Gasteiger partial charge on any atom is 0.226 e. The van der Waals surface area contributed by atoms with Crippen molar-refractivity contribution in [3.8, 4) is 11.5 Å². The number of oxazole rings is 1. The summed E-state index contributed by atoms with van der Waals surface area (Å²) >= 11 is 0. The molecule has 27 heavy (non-hydrogen) atoms. The Morgan fingerprint density at radius 1 is 1.19 bits per heavy atom. The molecule has 0 saturated heterocycles. The number of nitrogens with zero attached hydrogens (tertiary/aromatic N) is 2. The molecule has 0 aliphatic carbocycles. The Bertz CT molecular complexity index is 858. The number of nitrogens with one attached hydrogen (secondary N) is 2. The molecule has 1 aromatic carbocycles. The van der Waals surface area contributed by atoms with E-state index in [1.54, 1.807) is 6.26 Å². The number of aryl methyl sites for hydroxylation is 1. The van der Waals surface area contributed by atoms with Gasteiger partial charge in [0, 0.05) is 12.1 Å². The molecule has 3 aromatic rings. The Kier molecular flexibility index (Phi) is 7.90. The highest BCUT2D eigenvalue weighted by atomic mass is 127. The average Bonchev–Trinajstić information content (AvgIpc) is 3.30. The molecule has 0 spiro atoms. The van der Waals surface area contributed by atoms with Crippen LogP contribution in [0.1, 0.15) is 37.1 Å². The minimum absolute atomic E-state index is 0. The summed E-state index contributed by atoms with van der Waals surface area (Å²) in [4.78, 5) is 9.10. The molecular formula is C20H25IN4O2. The summed E-state index contributed by atoms with van der Waals surface area (Å²) in [6, 6.07) is 13.8. The van der Waals surface area contributed by atoms with Crippen LogP contribution in [0.2, 0.25) is 0 Å². The van der Waals surface area contributed by atoms with Crippen LogP contribution < -0.4 is 10.6 Å². The van der Waals surface area contributed by atoms with Crippen LogP contribution >= 0.6 is 24.0 Å². The van der Waals surface area contributed by atoms with Gasteiger partial charge in [0.2, 0.25) is 5.89 Å². The van der Waals surface area contributed by atoms with E-state index in [0.29, 0.717) is 18.4 Å². The van der Waals surface area contributed by atoms with Crippen molar-refractivity contribution in [1.82, 2.24) is 15.6 Å². The van der Waals surface area contributed by atoms with Crippen LogP contribution in [0.25, 0.3) is 11.5 Å². The van der Waals surface area contributed by atoms with Crippen LogP contribution in [0.4, 0.5) is 0 Å². The number of furan rings is 1. The lowest BCUT2D eigenvalue weighted by Crippen LogP contribution is -2.38. The molecule has 0 fully saturated rings. The minimum atomic E-state index is 0. The van der Waals surface area contributed by atoms with Gasteiger partial charge in [0.05, 0.1) is 12.6 Å². The van der Waals surface area contributed by atoms with Gasteiger partial charge in [0.25, 0.3) is 0 Å². The van der Waals surface area contributed by atoms with Gasteiger partial charge in [-0.2, -0.15) is 0 Å². The lowest BCUT2D eigenvalue weighted by atomic mass is 10.2. The number of rotatable bonds is 6. The number of halogens is 1. The summed E-state index contributed by atoms with van der Waals surface area (Å²) in [5.74, 6) is 3.08. The van der Waals surface area contributed by atoms with Crippen molar-refractivity contribution in [2.45, 2.75) is 33.4 Å². The molecule has 0 aliphatic rings. The SMILES string of the molecule is CCNC(=NCc1coc(-c2ccccc2)n1)NC(C)c1ccc(C)o1.I. The van der Waals surface area contributed by atoms with E-state index in [1.807, 2.05) is 63.2 Å². The Morgan fingerprint density at radius 2 is 1.96 bits per heavy atom. The largest absolute Gasteiger partial charge is 0.464 e. The molecule has 7 heteroatoms. The second-order valence-electron chi connectivity index (χ2n) is 6.02. The predicted octanol–water partition coefficient (Wildman–Crippen LogP) is 4.68. The third-order valence-electron chi connectivity index (χ3n) is 3.86. The van der Waals surface area contributed by atoms with E-state index in [0.717, 1.165) is 29.3 Å². The van der Waals surface area contributed by atoms with Crippen LogP contribution in [0.15, 0.2) is 62.6 Å². The molecule has 0 bridgehead atoms. The summed E-state index contributed by atoms with van der Waals surface area (Å²) in [5.41, 5.74) is 1.73. The molecule has 0 radical (unpaired) electrons. The van der Waals surface area contributed by atoms with Crippen molar-refractivity contribution >= 4 is 29.9 Å². The lowest BCUT2D eigenvalue weighted by Gasteiger charge is -2.15. The van der Waals surface area contributed by atoms with E-state index in [-0.39, 0.29) is 30.0 Å². The zero-order valence-electron chi connectivity index (χ0n) is 15.7. The summed E-state index contributed by atoms with van der Waals surface area (Å²) < 4.78 is 11.2. The van der Waals surface area contributed by atoms with E-state index < -0.39 is 0 Å². The van der Waals surface area contributed by atoms with Gasteiger partial charge in [-0.15, -0.1) is 24.0 Å². The number of aromatic nitrogens is 1. The second kappa shape index (κ2) is 10.1. The van der Waals surface area contributed by atoms with Crippen molar-refractivity contribution in [1.29, 1.82) is 0 Å². The smallest absolute Gasteiger partial charge is 0.226 e. The van der Waals surface area contributed by atoms with Gasteiger partial charge in [-0.3, -0.25) is 0 Å². The molecule has 2 aromatic heterocycles. The fourth-order valence-corrected chi connectivity index (χ4v) is 2.54. The molecule has 2 N–H and O–H groups in total. The average molecular weight is 480 g/mol.